The molecule has 0 aliphatic rings. The summed E-state index contributed by atoms with van der Waals surface area (Å²) in [5, 5.41) is 4.46. The maximum atomic E-state index is 5.35. The number of rotatable bonds is 6. The molecule has 0 saturated heterocycles. The summed E-state index contributed by atoms with van der Waals surface area (Å²) in [5.74, 6) is 0.906. The highest BCUT2D eigenvalue weighted by Crippen LogP contribution is 2.24. The average molecular weight is 311 g/mol. The van der Waals surface area contributed by atoms with Gasteiger partial charge in [0.2, 0.25) is 0 Å². The molecule has 0 atom stereocenters. The van der Waals surface area contributed by atoms with E-state index in [2.05, 4.69) is 21.4 Å². The van der Waals surface area contributed by atoms with E-state index in [4.69, 9.17) is 4.74 Å². The molecule has 0 saturated carbocycles. The Morgan fingerprint density at radius 3 is 2.73 bits per heavy atom. The van der Waals surface area contributed by atoms with Crippen LogP contribution in [0.25, 0.3) is 10.6 Å². The Morgan fingerprint density at radius 1 is 1.05 bits per heavy atom. The standard InChI is InChI=1S/C17H17N3OS/c1-21-15-8-3-2-6-13(15)10-18-12-17-20-11-16(22-17)14-7-4-5-9-19-14/h2-9,11,18H,10,12H2,1H3. The van der Waals surface area contributed by atoms with Crippen LogP contribution < -0.4 is 10.1 Å². The normalized spacial score (nSPS) is 10.6. The van der Waals surface area contributed by atoms with E-state index in [1.807, 2.05) is 42.6 Å². The number of ether oxygens (including phenoxy) is 1. The fraction of sp³-hybridized carbons (Fsp3) is 0.176. The molecule has 0 aliphatic carbocycles. The van der Waals surface area contributed by atoms with Gasteiger partial charge in [-0.25, -0.2) is 4.98 Å². The fourth-order valence-electron chi connectivity index (χ4n) is 2.17. The molecular formula is C17H17N3OS. The molecule has 0 bridgehead atoms. The molecule has 112 valence electrons. The third-order valence-electron chi connectivity index (χ3n) is 3.26. The zero-order chi connectivity index (χ0) is 15.2. The summed E-state index contributed by atoms with van der Waals surface area (Å²) < 4.78 is 5.35. The van der Waals surface area contributed by atoms with Gasteiger partial charge in [-0.1, -0.05) is 24.3 Å². The summed E-state index contributed by atoms with van der Waals surface area (Å²) in [6.45, 7) is 1.48. The molecule has 5 heteroatoms. The van der Waals surface area contributed by atoms with Gasteiger partial charge in [0.05, 0.1) is 17.7 Å². The van der Waals surface area contributed by atoms with E-state index in [-0.39, 0.29) is 0 Å². The van der Waals surface area contributed by atoms with Crippen molar-refractivity contribution in [1.82, 2.24) is 15.3 Å². The Bertz CT molecular complexity index is 728. The monoisotopic (exact) mass is 311 g/mol. The molecule has 2 heterocycles. The maximum Gasteiger partial charge on any atom is 0.123 e. The molecule has 3 aromatic rings. The summed E-state index contributed by atoms with van der Waals surface area (Å²) >= 11 is 1.66. The quantitative estimate of drug-likeness (QED) is 0.757. The smallest absolute Gasteiger partial charge is 0.123 e. The van der Waals surface area contributed by atoms with Crippen LogP contribution in [0, 0.1) is 0 Å². The molecule has 1 aromatic carbocycles. The van der Waals surface area contributed by atoms with Crippen LogP contribution in [-0.2, 0) is 13.1 Å². The zero-order valence-electron chi connectivity index (χ0n) is 12.3. The van der Waals surface area contributed by atoms with Crippen molar-refractivity contribution < 1.29 is 4.74 Å². The number of hydrogen-bond acceptors (Lipinski definition) is 5. The lowest BCUT2D eigenvalue weighted by Gasteiger charge is -2.08. The number of para-hydroxylation sites is 1. The van der Waals surface area contributed by atoms with Gasteiger partial charge in [0.1, 0.15) is 10.8 Å². The van der Waals surface area contributed by atoms with Crippen molar-refractivity contribution in [3.63, 3.8) is 0 Å². The molecule has 0 spiro atoms. The van der Waals surface area contributed by atoms with Crippen molar-refractivity contribution in [2.75, 3.05) is 7.11 Å². The van der Waals surface area contributed by atoms with Crippen molar-refractivity contribution in [1.29, 1.82) is 0 Å². The van der Waals surface area contributed by atoms with Crippen molar-refractivity contribution >= 4 is 11.3 Å². The lowest BCUT2D eigenvalue weighted by atomic mass is 10.2. The van der Waals surface area contributed by atoms with E-state index in [0.717, 1.165) is 40.0 Å². The second-order valence-electron chi connectivity index (χ2n) is 4.75. The van der Waals surface area contributed by atoms with Crippen molar-refractivity contribution in [2.24, 2.45) is 0 Å². The molecule has 0 amide bonds. The van der Waals surface area contributed by atoms with Gasteiger partial charge >= 0.3 is 0 Å². The van der Waals surface area contributed by atoms with Crippen LogP contribution in [0.5, 0.6) is 5.75 Å². The predicted octanol–water partition coefficient (Wildman–Crippen LogP) is 3.50. The first-order valence-corrected chi connectivity index (χ1v) is 7.87. The van der Waals surface area contributed by atoms with Gasteiger partial charge in [-0.15, -0.1) is 11.3 Å². The predicted molar refractivity (Wildman–Crippen MR) is 88.9 cm³/mol. The second kappa shape index (κ2) is 7.15. The summed E-state index contributed by atoms with van der Waals surface area (Å²) in [4.78, 5) is 9.89. The Kier molecular flexibility index (Phi) is 4.78. The summed E-state index contributed by atoms with van der Waals surface area (Å²) in [6, 6.07) is 13.9. The lowest BCUT2D eigenvalue weighted by Crippen LogP contribution is -2.13. The first-order chi connectivity index (χ1) is 10.9. The second-order valence-corrected chi connectivity index (χ2v) is 5.86. The highest BCUT2D eigenvalue weighted by molar-refractivity contribution is 7.15. The van der Waals surface area contributed by atoms with Crippen LogP contribution >= 0.6 is 11.3 Å². The van der Waals surface area contributed by atoms with Crippen LogP contribution in [0.4, 0.5) is 0 Å². The van der Waals surface area contributed by atoms with E-state index < -0.39 is 0 Å². The molecule has 1 N–H and O–H groups in total. The van der Waals surface area contributed by atoms with Crippen LogP contribution in [-0.4, -0.2) is 17.1 Å². The Hall–Kier alpha value is -2.24. The van der Waals surface area contributed by atoms with Crippen LogP contribution in [0.1, 0.15) is 10.6 Å². The van der Waals surface area contributed by atoms with E-state index in [1.165, 1.54) is 0 Å². The van der Waals surface area contributed by atoms with E-state index in [1.54, 1.807) is 24.6 Å². The van der Waals surface area contributed by atoms with Gasteiger partial charge in [-0.05, 0) is 18.2 Å². The highest BCUT2D eigenvalue weighted by atomic mass is 32.1. The topological polar surface area (TPSA) is 47.0 Å². The minimum atomic E-state index is 0.732. The van der Waals surface area contributed by atoms with Gasteiger partial charge in [0.15, 0.2) is 0 Å². The van der Waals surface area contributed by atoms with Crippen LogP contribution in [0.15, 0.2) is 54.9 Å². The van der Waals surface area contributed by atoms with E-state index in [0.29, 0.717) is 0 Å². The lowest BCUT2D eigenvalue weighted by molar-refractivity contribution is 0.407. The molecule has 2 aromatic heterocycles. The number of thiazole rings is 1. The average Bonchev–Trinajstić information content (AvgIpc) is 3.05. The Balaban J connectivity index is 1.60. The van der Waals surface area contributed by atoms with Gasteiger partial charge in [-0.2, -0.15) is 0 Å². The number of pyridine rings is 1. The zero-order valence-corrected chi connectivity index (χ0v) is 13.1. The molecule has 0 fully saturated rings. The van der Waals surface area contributed by atoms with Crippen LogP contribution in [0.3, 0.4) is 0 Å². The molecule has 0 unspecified atom stereocenters. The summed E-state index contributed by atoms with van der Waals surface area (Å²) in [5.41, 5.74) is 2.11. The highest BCUT2D eigenvalue weighted by Gasteiger charge is 2.06. The van der Waals surface area contributed by atoms with Gasteiger partial charge in [0, 0.05) is 31.0 Å². The van der Waals surface area contributed by atoms with Gasteiger partial charge in [-0.3, -0.25) is 4.98 Å². The van der Waals surface area contributed by atoms with Crippen molar-refractivity contribution in [2.45, 2.75) is 13.1 Å². The number of nitrogens with one attached hydrogen (secondary N) is 1. The first-order valence-electron chi connectivity index (χ1n) is 7.05. The molecule has 3 rings (SSSR count). The molecule has 4 nitrogen and oxygen atoms in total. The largest absolute Gasteiger partial charge is 0.496 e. The number of nitrogens with zero attached hydrogens (tertiary/aromatic N) is 2. The summed E-state index contributed by atoms with van der Waals surface area (Å²) in [6.07, 6.45) is 3.68. The molecule has 0 aliphatic heterocycles. The van der Waals surface area contributed by atoms with Crippen molar-refractivity contribution in [3.8, 4) is 16.3 Å². The number of aromatic nitrogens is 2. The number of methoxy groups -OCH3 is 1. The fourth-order valence-corrected chi connectivity index (χ4v) is 3.04. The summed E-state index contributed by atoms with van der Waals surface area (Å²) in [7, 11) is 1.69. The third kappa shape index (κ3) is 3.50. The van der Waals surface area contributed by atoms with E-state index in [9.17, 15) is 0 Å². The Morgan fingerprint density at radius 2 is 1.91 bits per heavy atom. The molecular weight excluding hydrogens is 294 g/mol. The minimum absolute atomic E-state index is 0.732. The van der Waals surface area contributed by atoms with Crippen LogP contribution in [0.2, 0.25) is 0 Å². The van der Waals surface area contributed by atoms with E-state index >= 15 is 0 Å². The first kappa shape index (κ1) is 14.7. The molecule has 0 radical (unpaired) electrons. The maximum absolute atomic E-state index is 5.35. The number of benzene rings is 1. The Labute approximate surface area is 133 Å². The van der Waals surface area contributed by atoms with Gasteiger partial charge < -0.3 is 10.1 Å². The molecule has 22 heavy (non-hydrogen) atoms. The SMILES string of the molecule is COc1ccccc1CNCc1ncc(-c2ccccn2)s1. The number of hydrogen-bond donors (Lipinski definition) is 1. The third-order valence-corrected chi connectivity index (χ3v) is 4.27. The van der Waals surface area contributed by atoms with Gasteiger partial charge in [0.25, 0.3) is 0 Å². The van der Waals surface area contributed by atoms with Crippen molar-refractivity contribution in [3.05, 3.63) is 65.4 Å². The minimum Gasteiger partial charge on any atom is -0.496 e.